The molecule has 6 heteroatoms. The Kier molecular flexibility index (Phi) is 5.02. The van der Waals surface area contributed by atoms with Crippen molar-refractivity contribution in [3.63, 3.8) is 0 Å². The highest BCUT2D eigenvalue weighted by Gasteiger charge is 2.34. The molecule has 0 saturated heterocycles. The van der Waals surface area contributed by atoms with Crippen LogP contribution in [0.4, 0.5) is 0 Å². The fraction of sp³-hybridized carbons (Fsp3) is 0.737. The summed E-state index contributed by atoms with van der Waals surface area (Å²) in [4.78, 5) is 29.7. The van der Waals surface area contributed by atoms with Gasteiger partial charge in [0.05, 0.1) is 6.04 Å². The Morgan fingerprint density at radius 3 is 2.76 bits per heavy atom. The lowest BCUT2D eigenvalue weighted by molar-refractivity contribution is -0.123. The first-order valence-corrected chi connectivity index (χ1v) is 10.2. The lowest BCUT2D eigenvalue weighted by Gasteiger charge is -2.39. The van der Waals surface area contributed by atoms with E-state index >= 15 is 0 Å². The molecule has 1 aliphatic carbocycles. The van der Waals surface area contributed by atoms with Crippen LogP contribution in [0.5, 0.6) is 0 Å². The Morgan fingerprint density at radius 2 is 2.08 bits per heavy atom. The minimum absolute atomic E-state index is 0.00211. The molecule has 3 unspecified atom stereocenters. The molecule has 1 aromatic heterocycles. The summed E-state index contributed by atoms with van der Waals surface area (Å²) >= 11 is 1.57. The maximum Gasteiger partial charge on any atom is 0.257 e. The summed E-state index contributed by atoms with van der Waals surface area (Å²) in [7, 11) is 0. The highest BCUT2D eigenvalue weighted by molar-refractivity contribution is 7.99. The normalized spacial score (nSPS) is 27.8. The zero-order chi connectivity index (χ0) is 18.4. The Labute approximate surface area is 154 Å². The zero-order valence-corrected chi connectivity index (χ0v) is 16.7. The van der Waals surface area contributed by atoms with Gasteiger partial charge in [-0.2, -0.15) is 0 Å². The third kappa shape index (κ3) is 3.94. The Hall–Kier alpha value is -1.30. The molecule has 1 amide bonds. The Morgan fingerprint density at radius 1 is 1.36 bits per heavy atom. The molecular weight excluding hydrogens is 334 g/mol. The molecule has 25 heavy (non-hydrogen) atoms. The van der Waals surface area contributed by atoms with E-state index in [1.165, 1.54) is 6.42 Å². The van der Waals surface area contributed by atoms with Crippen LogP contribution in [0.25, 0.3) is 0 Å². The largest absolute Gasteiger partial charge is 0.353 e. The molecule has 2 aliphatic rings. The first kappa shape index (κ1) is 18.5. The van der Waals surface area contributed by atoms with Crippen molar-refractivity contribution in [3.8, 4) is 0 Å². The average molecular weight is 364 g/mol. The highest BCUT2D eigenvalue weighted by Crippen LogP contribution is 2.38. The molecule has 2 heterocycles. The number of rotatable bonds is 3. The van der Waals surface area contributed by atoms with Crippen LogP contribution in [0.1, 0.15) is 63.8 Å². The number of hydrogen-bond acceptors (Lipinski definition) is 4. The van der Waals surface area contributed by atoms with Gasteiger partial charge in [-0.05, 0) is 44.4 Å². The first-order chi connectivity index (χ1) is 11.7. The first-order valence-electron chi connectivity index (χ1n) is 9.18. The summed E-state index contributed by atoms with van der Waals surface area (Å²) in [6.07, 6.45) is 3.64. The molecule has 0 bridgehead atoms. The number of aromatic nitrogens is 2. The second kappa shape index (κ2) is 6.78. The topological polar surface area (TPSA) is 64.0 Å². The van der Waals surface area contributed by atoms with Crippen molar-refractivity contribution in [2.75, 3.05) is 5.75 Å². The maximum absolute atomic E-state index is 12.6. The second-order valence-corrected chi connectivity index (χ2v) is 9.61. The summed E-state index contributed by atoms with van der Waals surface area (Å²) in [6, 6.07) is 0.155. The molecule has 1 saturated carbocycles. The van der Waals surface area contributed by atoms with Crippen LogP contribution in [-0.2, 0) is 4.79 Å². The molecule has 1 aliphatic heterocycles. The van der Waals surface area contributed by atoms with E-state index in [4.69, 9.17) is 0 Å². The van der Waals surface area contributed by atoms with Crippen LogP contribution in [0.15, 0.2) is 9.95 Å². The van der Waals surface area contributed by atoms with Gasteiger partial charge in [0.2, 0.25) is 5.91 Å². The van der Waals surface area contributed by atoms with Crippen molar-refractivity contribution in [1.82, 2.24) is 14.9 Å². The minimum atomic E-state index is -0.0895. The Bertz CT molecular complexity index is 741. The van der Waals surface area contributed by atoms with Crippen LogP contribution < -0.4 is 10.9 Å². The van der Waals surface area contributed by atoms with Crippen LogP contribution in [0.2, 0.25) is 0 Å². The zero-order valence-electron chi connectivity index (χ0n) is 15.9. The van der Waals surface area contributed by atoms with Gasteiger partial charge in [0.1, 0.15) is 0 Å². The third-order valence-electron chi connectivity index (χ3n) is 5.49. The predicted octanol–water partition coefficient (Wildman–Crippen LogP) is 3.23. The molecule has 5 nitrogen and oxygen atoms in total. The van der Waals surface area contributed by atoms with Gasteiger partial charge in [-0.3, -0.25) is 14.2 Å². The van der Waals surface area contributed by atoms with E-state index in [0.717, 1.165) is 29.4 Å². The molecule has 3 rings (SSSR count). The van der Waals surface area contributed by atoms with E-state index in [-0.39, 0.29) is 29.0 Å². The van der Waals surface area contributed by atoms with Gasteiger partial charge in [0, 0.05) is 29.5 Å². The quantitative estimate of drug-likeness (QED) is 0.838. The molecular formula is C19H29N3O2S. The molecule has 1 aromatic rings. The standard InChI is InChI=1S/C19H29N3O2S/c1-11-6-14(9-19(4,5)8-11)21-16(23)7-15-10-25-18-20-13(3)12(2)17(24)22(15)18/h11,14-15H,6-10H2,1-5H3,(H,21,23). The highest BCUT2D eigenvalue weighted by atomic mass is 32.2. The van der Waals surface area contributed by atoms with E-state index in [2.05, 4.69) is 31.1 Å². The lowest BCUT2D eigenvalue weighted by Crippen LogP contribution is -2.43. The SMILES string of the molecule is Cc1nc2n(c(=O)c1C)C(CC(=O)NC1CC(C)CC(C)(C)C1)CS2. The third-order valence-corrected chi connectivity index (χ3v) is 6.59. The predicted molar refractivity (Wildman–Crippen MR) is 101 cm³/mol. The summed E-state index contributed by atoms with van der Waals surface area (Å²) < 4.78 is 1.72. The molecule has 1 fully saturated rings. The summed E-state index contributed by atoms with van der Waals surface area (Å²) in [5.41, 5.74) is 1.74. The van der Waals surface area contributed by atoms with Crippen LogP contribution in [-0.4, -0.2) is 27.3 Å². The Balaban J connectivity index is 1.68. The van der Waals surface area contributed by atoms with Gasteiger partial charge in [0.15, 0.2) is 5.16 Å². The number of aryl methyl sites for hydroxylation is 1. The number of nitrogens with zero attached hydrogens (tertiary/aromatic N) is 2. The summed E-state index contributed by atoms with van der Waals surface area (Å²) in [5.74, 6) is 1.43. The van der Waals surface area contributed by atoms with Gasteiger partial charge in [0.25, 0.3) is 5.56 Å². The van der Waals surface area contributed by atoms with E-state index in [1.807, 2.05) is 13.8 Å². The molecule has 3 atom stereocenters. The maximum atomic E-state index is 12.6. The minimum Gasteiger partial charge on any atom is -0.353 e. The van der Waals surface area contributed by atoms with Gasteiger partial charge in [-0.15, -0.1) is 0 Å². The van der Waals surface area contributed by atoms with Crippen molar-refractivity contribution >= 4 is 17.7 Å². The van der Waals surface area contributed by atoms with Crippen LogP contribution >= 0.6 is 11.8 Å². The molecule has 0 radical (unpaired) electrons. The average Bonchev–Trinajstić information content (AvgIpc) is 2.85. The van der Waals surface area contributed by atoms with Crippen molar-refractivity contribution in [2.24, 2.45) is 11.3 Å². The van der Waals surface area contributed by atoms with Gasteiger partial charge < -0.3 is 5.32 Å². The van der Waals surface area contributed by atoms with E-state index in [1.54, 1.807) is 16.3 Å². The van der Waals surface area contributed by atoms with Crippen molar-refractivity contribution in [3.05, 3.63) is 21.6 Å². The number of hydrogen-bond donors (Lipinski definition) is 1. The fourth-order valence-electron chi connectivity index (χ4n) is 4.48. The lowest BCUT2D eigenvalue weighted by atomic mass is 9.70. The van der Waals surface area contributed by atoms with Gasteiger partial charge in [-0.1, -0.05) is 32.5 Å². The van der Waals surface area contributed by atoms with Crippen LogP contribution in [0.3, 0.4) is 0 Å². The number of amides is 1. The molecule has 0 aromatic carbocycles. The number of carbonyl (C=O) groups excluding carboxylic acids is 1. The number of thioether (sulfide) groups is 1. The smallest absolute Gasteiger partial charge is 0.257 e. The second-order valence-electron chi connectivity index (χ2n) is 8.63. The molecule has 138 valence electrons. The van der Waals surface area contributed by atoms with Crippen molar-refractivity contribution in [1.29, 1.82) is 0 Å². The number of carbonyl (C=O) groups is 1. The van der Waals surface area contributed by atoms with E-state index < -0.39 is 0 Å². The van der Waals surface area contributed by atoms with Crippen molar-refractivity contribution < 1.29 is 4.79 Å². The van der Waals surface area contributed by atoms with Crippen LogP contribution in [0, 0.1) is 25.2 Å². The van der Waals surface area contributed by atoms with E-state index in [0.29, 0.717) is 17.9 Å². The molecule has 0 spiro atoms. The summed E-state index contributed by atoms with van der Waals surface area (Å²) in [5, 5.41) is 3.97. The van der Waals surface area contributed by atoms with Crippen molar-refractivity contribution in [2.45, 2.75) is 77.5 Å². The molecule has 1 N–H and O–H groups in total. The monoisotopic (exact) mass is 363 g/mol. The summed E-state index contributed by atoms with van der Waals surface area (Å²) in [6.45, 7) is 10.5. The van der Waals surface area contributed by atoms with Gasteiger partial charge in [-0.25, -0.2) is 4.98 Å². The number of nitrogens with one attached hydrogen (secondary N) is 1. The fourth-order valence-corrected chi connectivity index (χ4v) is 5.66. The van der Waals surface area contributed by atoms with Gasteiger partial charge >= 0.3 is 0 Å². The van der Waals surface area contributed by atoms with E-state index in [9.17, 15) is 9.59 Å². The number of fused-ring (bicyclic) bond motifs is 1.